The number of imidazole rings is 3. The first kappa shape index (κ1) is 73.4. The van der Waals surface area contributed by atoms with Crippen LogP contribution in [-0.2, 0) is 75.4 Å². The number of aromatic nitrogens is 7. The Bertz CT molecular complexity index is 4770. The minimum Gasteiger partial charge on any atom is -0.493 e. The van der Waals surface area contributed by atoms with Crippen LogP contribution in [0.4, 0.5) is 35.8 Å². The van der Waals surface area contributed by atoms with Crippen LogP contribution in [0.2, 0.25) is 0 Å². The second-order valence-corrected chi connectivity index (χ2v) is 30.3. The number of carbonyl (C=O) groups is 4. The summed E-state index contributed by atoms with van der Waals surface area (Å²) in [5.74, 6) is 3.13. The topological polar surface area (TPSA) is 215 Å². The van der Waals surface area contributed by atoms with Crippen LogP contribution < -0.4 is 30.3 Å². The van der Waals surface area contributed by atoms with E-state index in [1.165, 1.54) is 64.0 Å². The molecule has 3 amide bonds. The summed E-state index contributed by atoms with van der Waals surface area (Å²) < 4.78 is 49.6. The van der Waals surface area contributed by atoms with Crippen LogP contribution in [0.1, 0.15) is 156 Å². The van der Waals surface area contributed by atoms with E-state index in [-0.39, 0.29) is 65.5 Å². The standard InChI is InChI=1S/C29H34FN3O4.C28H37N5O4.C26H30N4O2/c1-17-8-13-22-24(32(17)29(35)37-4)14-15-25-27(22)31-26(16-20-6-5-7-23(30)28(20)36-3)33(25)21-11-9-19(10-12-21)18(2)34;1-20-7-8-22-23(33(20)28(35)36-3)9-10-24-27(22)29-25(11-15-31-14-5-4-6-26(31)34)32(24)17-16-30(2)21-12-18-37-19-13-21;1-17-8-9-20-21(29(17)25(31)32-2)10-11-22-24(20)28-23(12-18-6-4-3-5-7-18)30(22)19-13-26(14-19)15-27-16-26/h5-7,14-15,17,19,21H,8-13,16H2,1-4H3;4-6,9-10,14,20-21H,7-8,11-13,15-19H2,1-3H3;3-7,10-11,17,19,27H,8-9,12-16H2,1-2H3/t17-,19?,21?;20-;17-/m000/s1. The lowest BCUT2D eigenvalue weighted by atomic mass is 9.61. The molecule has 9 heterocycles. The molecule has 16 rings (SSSR count). The number of rotatable bonds is 15. The van der Waals surface area contributed by atoms with Crippen LogP contribution in [0, 0.1) is 17.2 Å². The molecule has 2 saturated carbocycles. The summed E-state index contributed by atoms with van der Waals surface area (Å²) in [6.45, 7) is 14.0. The predicted molar refractivity (Wildman–Crippen MR) is 408 cm³/mol. The van der Waals surface area contributed by atoms with Gasteiger partial charge in [0.25, 0.3) is 5.56 Å². The fraction of sp³-hybridized carbons (Fsp3) is 0.494. The fourth-order valence-electron chi connectivity index (χ4n) is 17.9. The van der Waals surface area contributed by atoms with Gasteiger partial charge in [0.2, 0.25) is 0 Å². The second kappa shape index (κ2) is 31.5. The first-order chi connectivity index (χ1) is 51.4. The van der Waals surface area contributed by atoms with E-state index < -0.39 is 5.82 Å². The van der Waals surface area contributed by atoms with E-state index in [1.807, 2.05) is 43.5 Å². The number of hydrogen-bond donors (Lipinski definition) is 1. The zero-order valence-electron chi connectivity index (χ0n) is 62.8. The monoisotopic (exact) mass is 1440 g/mol. The Morgan fingerprint density at radius 1 is 0.585 bits per heavy atom. The molecule has 0 radical (unpaired) electrons. The highest BCUT2D eigenvalue weighted by Gasteiger charge is 2.50. The summed E-state index contributed by atoms with van der Waals surface area (Å²) in [6, 6.07) is 34.7. The van der Waals surface area contributed by atoms with Gasteiger partial charge in [-0.2, -0.15) is 0 Å². The van der Waals surface area contributed by atoms with Gasteiger partial charge in [-0.15, -0.1) is 0 Å². The third kappa shape index (κ3) is 14.4. The molecule has 2 aliphatic carbocycles. The third-order valence-electron chi connectivity index (χ3n) is 23.9. The lowest BCUT2D eigenvalue weighted by molar-refractivity contribution is -0.121. The Balaban J connectivity index is 0.000000134. The fourth-order valence-corrected chi connectivity index (χ4v) is 17.9. The quantitative estimate of drug-likeness (QED) is 0.0945. The lowest BCUT2D eigenvalue weighted by Crippen LogP contribution is -2.60. The van der Waals surface area contributed by atoms with E-state index >= 15 is 0 Å². The van der Waals surface area contributed by atoms with E-state index in [9.17, 15) is 28.4 Å². The number of carbonyl (C=O) groups excluding carboxylic acids is 4. The molecule has 4 aromatic heterocycles. The number of aryl methyl sites for hydroxylation is 5. The maximum Gasteiger partial charge on any atom is 0.414 e. The van der Waals surface area contributed by atoms with Crippen LogP contribution in [0.3, 0.4) is 0 Å². The van der Waals surface area contributed by atoms with Crippen LogP contribution in [-0.4, -0.2) is 155 Å². The number of pyridine rings is 1. The van der Waals surface area contributed by atoms with Crippen molar-refractivity contribution in [2.45, 2.75) is 186 Å². The highest BCUT2D eigenvalue weighted by Crippen LogP contribution is 2.53. The summed E-state index contributed by atoms with van der Waals surface area (Å²) in [6.07, 6.45) is 15.9. The average molecular weight is 1450 g/mol. The summed E-state index contributed by atoms with van der Waals surface area (Å²) in [5, 5.41) is 3.45. The van der Waals surface area contributed by atoms with Gasteiger partial charge in [0.15, 0.2) is 11.6 Å². The Kier molecular flexibility index (Phi) is 21.9. The molecule has 23 heteroatoms. The van der Waals surface area contributed by atoms with Crippen molar-refractivity contribution in [3.05, 3.63) is 171 Å². The van der Waals surface area contributed by atoms with Crippen molar-refractivity contribution < 1.29 is 47.3 Å². The molecule has 5 aromatic carbocycles. The number of hydrogen-bond acceptors (Lipinski definition) is 15. The van der Waals surface area contributed by atoms with Crippen LogP contribution in [0.15, 0.2) is 114 Å². The van der Waals surface area contributed by atoms with Crippen LogP contribution >= 0.6 is 0 Å². The van der Waals surface area contributed by atoms with Crippen molar-refractivity contribution in [2.75, 3.05) is 83.0 Å². The molecule has 0 unspecified atom stereocenters. The maximum absolute atomic E-state index is 14.5. The number of nitrogens with one attached hydrogen (secondary N) is 1. The summed E-state index contributed by atoms with van der Waals surface area (Å²) in [5.41, 5.74) is 14.6. The number of methoxy groups -OCH3 is 4. The van der Waals surface area contributed by atoms with Gasteiger partial charge in [-0.25, -0.2) is 33.7 Å². The molecule has 2 saturated heterocycles. The molecule has 3 atom stereocenters. The van der Waals surface area contributed by atoms with Crippen LogP contribution in [0.25, 0.3) is 33.1 Å². The molecular weight excluding hydrogens is 1340 g/mol. The van der Waals surface area contributed by atoms with Gasteiger partial charge >= 0.3 is 18.3 Å². The van der Waals surface area contributed by atoms with E-state index in [0.717, 1.165) is 202 Å². The molecular formula is C83H101FN12O10. The summed E-state index contributed by atoms with van der Waals surface area (Å²) >= 11 is 0. The molecule has 9 aromatic rings. The van der Waals surface area contributed by atoms with Gasteiger partial charge in [0.05, 0.1) is 78.6 Å². The van der Waals surface area contributed by atoms with Crippen molar-refractivity contribution in [3.63, 3.8) is 0 Å². The Hall–Kier alpha value is -9.45. The van der Waals surface area contributed by atoms with Crippen LogP contribution in [0.5, 0.6) is 5.75 Å². The average Bonchev–Trinajstić information content (AvgIpc) is 1.47. The normalized spacial score (nSPS) is 20.5. The highest BCUT2D eigenvalue weighted by atomic mass is 19.1. The minimum atomic E-state index is -0.398. The van der Waals surface area contributed by atoms with Crippen molar-refractivity contribution in [2.24, 2.45) is 11.3 Å². The van der Waals surface area contributed by atoms with Crippen molar-refractivity contribution >= 4 is 74.2 Å². The Labute approximate surface area is 619 Å². The van der Waals surface area contributed by atoms with E-state index in [4.69, 9.17) is 38.6 Å². The van der Waals surface area contributed by atoms with Crippen molar-refractivity contribution in [1.82, 2.24) is 43.4 Å². The molecule has 4 fully saturated rings. The number of para-hydroxylation sites is 1. The molecule has 22 nitrogen and oxygen atoms in total. The van der Waals surface area contributed by atoms with Gasteiger partial charge in [0, 0.05) is 142 Å². The molecule has 560 valence electrons. The number of ketones is 1. The largest absolute Gasteiger partial charge is 0.493 e. The number of ether oxygens (including phenoxy) is 5. The van der Waals surface area contributed by atoms with Crippen molar-refractivity contribution in [1.29, 1.82) is 0 Å². The van der Waals surface area contributed by atoms with Gasteiger partial charge in [0.1, 0.15) is 23.3 Å². The molecule has 7 aliphatic rings. The van der Waals surface area contributed by atoms with E-state index in [0.29, 0.717) is 36.9 Å². The lowest BCUT2D eigenvalue weighted by Gasteiger charge is -2.55. The number of Topliss-reactive ketones (excluding diaryl/α,β-unsaturated/α-hetero) is 1. The zero-order chi connectivity index (χ0) is 74.1. The number of nitrogens with zero attached hydrogens (tertiary/aromatic N) is 11. The molecule has 1 spiro atoms. The van der Waals surface area contributed by atoms with Gasteiger partial charge in [-0.05, 0) is 184 Å². The van der Waals surface area contributed by atoms with E-state index in [2.05, 4.69) is 93.3 Å². The molecule has 1 N–H and O–H groups in total. The molecule has 106 heavy (non-hydrogen) atoms. The Morgan fingerprint density at radius 2 is 1.10 bits per heavy atom. The SMILES string of the molecule is COC(=O)N1c2ccc3c(nc(CCn4ccccc4=O)n3CCN(C)C3CCOCC3)c2CC[C@@H]1C.COC(=O)N1c2ccc3c(nc(Cc4cccc(F)c4OC)n3C3CCC(C(C)=O)CC3)c2CC[C@@H]1C.COC(=O)N1c2ccc3c(nc(Cc4ccccc4)n3C3CC4(CNC4)C3)c2CC[C@@H]1C. The number of anilines is 3. The Morgan fingerprint density at radius 3 is 1.62 bits per heavy atom. The highest BCUT2D eigenvalue weighted by molar-refractivity contribution is 5.98. The number of amides is 3. The first-order valence-corrected chi connectivity index (χ1v) is 38.1. The number of fused-ring (bicyclic) bond motifs is 9. The molecule has 5 aliphatic heterocycles. The summed E-state index contributed by atoms with van der Waals surface area (Å²) in [4.78, 5) is 85.3. The zero-order valence-corrected chi connectivity index (χ0v) is 62.8. The summed E-state index contributed by atoms with van der Waals surface area (Å²) in [7, 11) is 7.95. The number of likely N-dealkylation sites (N-methyl/N-ethyl adjacent to an activating group) is 1. The number of benzene rings is 5. The van der Waals surface area contributed by atoms with E-state index in [1.54, 1.807) is 44.4 Å². The van der Waals surface area contributed by atoms with Gasteiger partial charge in [-0.1, -0.05) is 48.5 Å². The van der Waals surface area contributed by atoms with Gasteiger partial charge in [-0.3, -0.25) is 24.3 Å². The first-order valence-electron chi connectivity index (χ1n) is 38.1. The minimum absolute atomic E-state index is 0.00972. The molecule has 0 bridgehead atoms. The number of halogens is 1. The maximum atomic E-state index is 14.5. The van der Waals surface area contributed by atoms with Crippen molar-refractivity contribution in [3.8, 4) is 5.75 Å². The smallest absolute Gasteiger partial charge is 0.414 e. The second-order valence-electron chi connectivity index (χ2n) is 30.3. The third-order valence-corrected chi connectivity index (χ3v) is 23.9. The van der Waals surface area contributed by atoms with Gasteiger partial charge < -0.3 is 52.2 Å². The predicted octanol–water partition coefficient (Wildman–Crippen LogP) is 13.9.